The van der Waals surface area contributed by atoms with Crippen molar-refractivity contribution < 1.29 is 9.50 Å². The molecule has 0 aliphatic carbocycles. The summed E-state index contributed by atoms with van der Waals surface area (Å²) in [5, 5.41) is 11.7. The summed E-state index contributed by atoms with van der Waals surface area (Å²) in [7, 11) is 0. The van der Waals surface area contributed by atoms with Crippen LogP contribution in [0.2, 0.25) is 0 Å². The quantitative estimate of drug-likeness (QED) is 0.721. The van der Waals surface area contributed by atoms with Crippen LogP contribution in [0.1, 0.15) is 18.1 Å². The first-order chi connectivity index (χ1) is 9.09. The first kappa shape index (κ1) is 11.9. The van der Waals surface area contributed by atoms with Gasteiger partial charge in [0.1, 0.15) is 11.4 Å². The van der Waals surface area contributed by atoms with Gasteiger partial charge in [0, 0.05) is 17.3 Å². The zero-order valence-corrected chi connectivity index (χ0v) is 10.5. The molecule has 0 radical (unpaired) electrons. The molecular weight excluding hydrogens is 241 g/mol. The molecule has 1 unspecified atom stereocenters. The minimum atomic E-state index is -1.35. The Morgan fingerprint density at radius 3 is 2.68 bits per heavy atom. The van der Waals surface area contributed by atoms with Crippen LogP contribution in [-0.2, 0) is 5.60 Å². The number of benzene rings is 2. The van der Waals surface area contributed by atoms with Gasteiger partial charge < -0.3 is 10.1 Å². The number of fused-ring (bicyclic) bond motifs is 1. The number of aromatic amines is 1. The second-order valence-electron chi connectivity index (χ2n) is 4.83. The normalized spacial score (nSPS) is 14.5. The topological polar surface area (TPSA) is 36.0 Å². The van der Waals surface area contributed by atoms with Gasteiger partial charge in [-0.05, 0) is 42.1 Å². The summed E-state index contributed by atoms with van der Waals surface area (Å²) < 4.78 is 13.9. The van der Waals surface area contributed by atoms with E-state index in [0.717, 1.165) is 10.9 Å². The van der Waals surface area contributed by atoms with Crippen molar-refractivity contribution in [1.82, 2.24) is 4.98 Å². The fourth-order valence-corrected chi connectivity index (χ4v) is 2.37. The minimum Gasteiger partial charge on any atom is -0.381 e. The molecule has 0 amide bonds. The summed E-state index contributed by atoms with van der Waals surface area (Å²) in [5.41, 5.74) is 0.597. The molecule has 0 bridgehead atoms. The van der Waals surface area contributed by atoms with Gasteiger partial charge in [0.25, 0.3) is 0 Å². The van der Waals surface area contributed by atoms with Crippen molar-refractivity contribution in [2.45, 2.75) is 12.5 Å². The molecule has 1 aromatic heterocycles. The van der Waals surface area contributed by atoms with Crippen molar-refractivity contribution in [3.63, 3.8) is 0 Å². The molecule has 96 valence electrons. The van der Waals surface area contributed by atoms with E-state index in [4.69, 9.17) is 0 Å². The van der Waals surface area contributed by atoms with Crippen LogP contribution in [0.15, 0.2) is 54.7 Å². The smallest absolute Gasteiger partial charge is 0.129 e. The maximum absolute atomic E-state index is 13.9. The summed E-state index contributed by atoms with van der Waals surface area (Å²) in [6, 6.07) is 13.8. The van der Waals surface area contributed by atoms with Gasteiger partial charge in [0.05, 0.1) is 0 Å². The van der Waals surface area contributed by atoms with Crippen molar-refractivity contribution >= 4 is 10.9 Å². The van der Waals surface area contributed by atoms with Crippen LogP contribution >= 0.6 is 0 Å². The van der Waals surface area contributed by atoms with E-state index in [0.29, 0.717) is 5.56 Å². The lowest BCUT2D eigenvalue weighted by Crippen LogP contribution is -2.24. The number of hydrogen-bond donors (Lipinski definition) is 2. The van der Waals surface area contributed by atoms with Gasteiger partial charge >= 0.3 is 0 Å². The van der Waals surface area contributed by atoms with Gasteiger partial charge in [-0.15, -0.1) is 0 Å². The molecule has 0 fully saturated rings. The average Bonchev–Trinajstić information content (AvgIpc) is 2.86. The van der Waals surface area contributed by atoms with Gasteiger partial charge in [0.15, 0.2) is 0 Å². The van der Waals surface area contributed by atoms with E-state index in [1.165, 1.54) is 6.07 Å². The molecule has 1 atom stereocenters. The zero-order valence-electron chi connectivity index (χ0n) is 10.5. The number of H-pyrrole nitrogens is 1. The Balaban J connectivity index is 2.15. The van der Waals surface area contributed by atoms with E-state index < -0.39 is 11.4 Å². The molecule has 3 aromatic rings. The molecule has 0 spiro atoms. The molecule has 2 nitrogen and oxygen atoms in total. The Morgan fingerprint density at radius 2 is 1.89 bits per heavy atom. The van der Waals surface area contributed by atoms with Gasteiger partial charge in [-0.25, -0.2) is 4.39 Å². The maximum Gasteiger partial charge on any atom is 0.129 e. The highest BCUT2D eigenvalue weighted by Gasteiger charge is 2.28. The molecular formula is C16H14FNO. The summed E-state index contributed by atoms with van der Waals surface area (Å²) in [4.78, 5) is 3.09. The molecule has 2 aromatic carbocycles. The van der Waals surface area contributed by atoms with E-state index in [1.54, 1.807) is 25.1 Å². The molecule has 0 aliphatic heterocycles. The zero-order chi connectivity index (χ0) is 13.5. The van der Waals surface area contributed by atoms with Crippen LogP contribution in [-0.4, -0.2) is 10.1 Å². The highest BCUT2D eigenvalue weighted by Crippen LogP contribution is 2.32. The Labute approximate surface area is 110 Å². The summed E-state index contributed by atoms with van der Waals surface area (Å²) in [6.45, 7) is 1.61. The third-order valence-electron chi connectivity index (χ3n) is 3.51. The fraction of sp³-hybridized carbons (Fsp3) is 0.125. The molecule has 19 heavy (non-hydrogen) atoms. The van der Waals surface area contributed by atoms with E-state index in [9.17, 15) is 9.50 Å². The predicted octanol–water partition coefficient (Wildman–Crippen LogP) is 3.56. The Morgan fingerprint density at radius 1 is 1.11 bits per heavy atom. The number of rotatable bonds is 2. The number of aromatic nitrogens is 1. The lowest BCUT2D eigenvalue weighted by Gasteiger charge is -2.25. The Kier molecular flexibility index (Phi) is 2.64. The van der Waals surface area contributed by atoms with E-state index >= 15 is 0 Å². The summed E-state index contributed by atoms with van der Waals surface area (Å²) in [5.74, 6) is -0.401. The second kappa shape index (κ2) is 4.21. The SMILES string of the molecule is CC(O)(c1ccc2[nH]ccc2c1)c1ccccc1F. The van der Waals surface area contributed by atoms with Gasteiger partial charge in [-0.2, -0.15) is 0 Å². The number of hydrogen-bond acceptors (Lipinski definition) is 1. The Bertz CT molecular complexity index is 730. The Hall–Kier alpha value is -2.13. The van der Waals surface area contributed by atoms with E-state index in [2.05, 4.69) is 4.98 Å². The predicted molar refractivity (Wildman–Crippen MR) is 73.4 cm³/mol. The maximum atomic E-state index is 13.9. The second-order valence-corrected chi connectivity index (χ2v) is 4.83. The van der Waals surface area contributed by atoms with E-state index in [-0.39, 0.29) is 5.56 Å². The third-order valence-corrected chi connectivity index (χ3v) is 3.51. The van der Waals surface area contributed by atoms with Crippen molar-refractivity contribution in [3.8, 4) is 0 Å². The number of aliphatic hydroxyl groups is 1. The molecule has 1 heterocycles. The summed E-state index contributed by atoms with van der Waals surface area (Å²) >= 11 is 0. The summed E-state index contributed by atoms with van der Waals surface area (Å²) in [6.07, 6.45) is 1.84. The molecule has 0 saturated heterocycles. The molecule has 0 saturated carbocycles. The lowest BCUT2D eigenvalue weighted by atomic mass is 9.87. The van der Waals surface area contributed by atoms with Crippen LogP contribution in [0.25, 0.3) is 10.9 Å². The minimum absolute atomic E-state index is 0.282. The lowest BCUT2D eigenvalue weighted by molar-refractivity contribution is 0.0981. The van der Waals surface area contributed by atoms with Gasteiger partial charge in [0.2, 0.25) is 0 Å². The fourth-order valence-electron chi connectivity index (χ4n) is 2.37. The van der Waals surface area contributed by atoms with Crippen molar-refractivity contribution in [3.05, 3.63) is 71.7 Å². The van der Waals surface area contributed by atoms with Crippen LogP contribution in [0.3, 0.4) is 0 Å². The van der Waals surface area contributed by atoms with Crippen molar-refractivity contribution in [1.29, 1.82) is 0 Å². The highest BCUT2D eigenvalue weighted by atomic mass is 19.1. The van der Waals surface area contributed by atoms with Gasteiger partial charge in [-0.3, -0.25) is 0 Å². The van der Waals surface area contributed by atoms with Crippen LogP contribution in [0.5, 0.6) is 0 Å². The number of nitrogens with one attached hydrogen (secondary N) is 1. The molecule has 0 aliphatic rings. The standard InChI is InChI=1S/C16H14FNO/c1-16(19,13-4-2-3-5-14(13)17)12-6-7-15-11(10-12)8-9-18-15/h2-10,18-19H,1H3. The molecule has 3 heteroatoms. The third kappa shape index (κ3) is 1.92. The largest absolute Gasteiger partial charge is 0.381 e. The van der Waals surface area contributed by atoms with Crippen molar-refractivity contribution in [2.75, 3.05) is 0 Å². The first-order valence-electron chi connectivity index (χ1n) is 6.14. The number of halogens is 1. The monoisotopic (exact) mass is 255 g/mol. The van der Waals surface area contributed by atoms with Crippen molar-refractivity contribution in [2.24, 2.45) is 0 Å². The van der Waals surface area contributed by atoms with Crippen LogP contribution in [0.4, 0.5) is 4.39 Å². The molecule has 3 rings (SSSR count). The molecule has 2 N–H and O–H groups in total. The highest BCUT2D eigenvalue weighted by molar-refractivity contribution is 5.80. The van der Waals surface area contributed by atoms with Crippen LogP contribution < -0.4 is 0 Å². The first-order valence-corrected chi connectivity index (χ1v) is 6.14. The van der Waals surface area contributed by atoms with Gasteiger partial charge in [-0.1, -0.05) is 24.3 Å². The van der Waals surface area contributed by atoms with E-state index in [1.807, 2.05) is 30.5 Å². The van der Waals surface area contributed by atoms with Crippen LogP contribution in [0, 0.1) is 5.82 Å². The average molecular weight is 255 g/mol.